The van der Waals surface area contributed by atoms with E-state index in [1.165, 1.54) is 36.7 Å². The molecule has 0 fully saturated rings. The Kier molecular flexibility index (Phi) is 8.98. The van der Waals surface area contributed by atoms with Crippen molar-refractivity contribution in [3.8, 4) is 22.9 Å². The maximum atomic E-state index is 14.0. The molecule has 2 heterocycles. The number of esters is 1. The highest BCUT2D eigenvalue weighted by Crippen LogP contribution is 2.41. The first-order chi connectivity index (χ1) is 17.7. The van der Waals surface area contributed by atoms with Crippen molar-refractivity contribution in [2.75, 3.05) is 19.5 Å². The van der Waals surface area contributed by atoms with Crippen molar-refractivity contribution >= 4 is 25.8 Å². The summed E-state index contributed by atoms with van der Waals surface area (Å²) in [6, 6.07) is 8.55. The number of benzene rings is 1. The zero-order chi connectivity index (χ0) is 26.4. The molecule has 37 heavy (non-hydrogen) atoms. The average molecular weight is 545 g/mol. The number of thioether (sulfide) groups is 1. The number of nitrogens with zero attached hydrogens (tertiary/aromatic N) is 4. The van der Waals surface area contributed by atoms with Gasteiger partial charge in [-0.1, -0.05) is 43.5 Å². The third-order valence-corrected chi connectivity index (χ3v) is 8.60. The molecule has 1 aliphatic rings. The van der Waals surface area contributed by atoms with Gasteiger partial charge in [-0.3, -0.25) is 4.79 Å². The van der Waals surface area contributed by atoms with E-state index >= 15 is 0 Å². The minimum absolute atomic E-state index is 0.193. The van der Waals surface area contributed by atoms with Gasteiger partial charge in [0.05, 0.1) is 13.5 Å². The van der Waals surface area contributed by atoms with Crippen LogP contribution in [-0.2, 0) is 33.8 Å². The molecule has 0 unspecified atom stereocenters. The number of rotatable bonds is 12. The van der Waals surface area contributed by atoms with Crippen molar-refractivity contribution in [2.24, 2.45) is 0 Å². The van der Waals surface area contributed by atoms with Gasteiger partial charge in [0.25, 0.3) is 0 Å². The summed E-state index contributed by atoms with van der Waals surface area (Å²) in [5, 5.41) is 5.06. The van der Waals surface area contributed by atoms with Crippen molar-refractivity contribution in [1.29, 1.82) is 0 Å². The Morgan fingerprint density at radius 1 is 1.22 bits per heavy atom. The molecule has 0 atom stereocenters. The number of pyridine rings is 1. The smallest absolute Gasteiger partial charge is 0.323 e. The van der Waals surface area contributed by atoms with E-state index in [4.69, 9.17) is 14.2 Å². The monoisotopic (exact) mass is 544 g/mol. The molecule has 0 N–H and O–H groups in total. The fourth-order valence-electron chi connectivity index (χ4n) is 4.02. The lowest BCUT2D eigenvalue weighted by atomic mass is 9.99. The second-order valence-electron chi connectivity index (χ2n) is 10.1. The number of fused-ring (bicyclic) bond motifs is 1. The number of aromatic nitrogens is 4. The largest absolute Gasteiger partial charge is 0.469 e. The van der Waals surface area contributed by atoms with Crippen LogP contribution in [0.3, 0.4) is 0 Å². The van der Waals surface area contributed by atoms with E-state index in [0.717, 1.165) is 36.4 Å². The standard InChI is InChI=1S/C26H33FN4O4SSi/c1-33-23(32)11-14-36-25-29-26(31(30-25)17-34-13-15-37(2,3)4)35-24-20-7-5-6-18(20)8-9-21(24)19-10-12-28-22(27)16-19/h8-10,12,16H,5-7,11,13-15,17H2,1-4H3. The highest BCUT2D eigenvalue weighted by molar-refractivity contribution is 7.99. The highest BCUT2D eigenvalue weighted by atomic mass is 32.2. The molecule has 0 bridgehead atoms. The van der Waals surface area contributed by atoms with E-state index in [9.17, 15) is 9.18 Å². The van der Waals surface area contributed by atoms with E-state index in [1.54, 1.807) is 10.7 Å². The lowest BCUT2D eigenvalue weighted by Gasteiger charge is -2.17. The third-order valence-electron chi connectivity index (χ3n) is 6.05. The molecule has 8 nitrogen and oxygen atoms in total. The molecular formula is C26H33FN4O4SSi. The number of carbonyl (C=O) groups excluding carboxylic acids is 1. The van der Waals surface area contributed by atoms with Crippen LogP contribution in [0.4, 0.5) is 4.39 Å². The maximum absolute atomic E-state index is 14.0. The predicted octanol–water partition coefficient (Wildman–Crippen LogP) is 5.73. The van der Waals surface area contributed by atoms with Gasteiger partial charge in [0.15, 0.2) is 0 Å². The summed E-state index contributed by atoms with van der Waals surface area (Å²) < 4.78 is 32.7. The Hall–Kier alpha value is -2.76. The Morgan fingerprint density at radius 2 is 2.05 bits per heavy atom. The number of hydrogen-bond donors (Lipinski definition) is 0. The lowest BCUT2D eigenvalue weighted by molar-refractivity contribution is -0.140. The van der Waals surface area contributed by atoms with Crippen LogP contribution < -0.4 is 4.74 Å². The van der Waals surface area contributed by atoms with Crippen molar-refractivity contribution in [3.63, 3.8) is 0 Å². The van der Waals surface area contributed by atoms with Gasteiger partial charge in [-0.15, -0.1) is 5.10 Å². The second kappa shape index (κ2) is 12.2. The van der Waals surface area contributed by atoms with Gasteiger partial charge >= 0.3 is 12.0 Å². The van der Waals surface area contributed by atoms with E-state index in [-0.39, 0.29) is 19.1 Å². The Bertz CT molecular complexity index is 1250. The molecule has 1 aliphatic carbocycles. The van der Waals surface area contributed by atoms with Crippen molar-refractivity contribution in [3.05, 3.63) is 47.5 Å². The van der Waals surface area contributed by atoms with Crippen LogP contribution in [0.1, 0.15) is 24.0 Å². The first-order valence-electron chi connectivity index (χ1n) is 12.4. The first-order valence-corrected chi connectivity index (χ1v) is 17.1. The summed E-state index contributed by atoms with van der Waals surface area (Å²) in [6.45, 7) is 7.72. The van der Waals surface area contributed by atoms with E-state index < -0.39 is 14.0 Å². The molecule has 0 spiro atoms. The molecule has 0 saturated carbocycles. The molecule has 0 amide bonds. The minimum atomic E-state index is -1.24. The number of hydrogen-bond acceptors (Lipinski definition) is 8. The van der Waals surface area contributed by atoms with Gasteiger partial charge in [-0.25, -0.2) is 4.98 Å². The Morgan fingerprint density at radius 3 is 2.81 bits per heavy atom. The Labute approximate surface area is 222 Å². The summed E-state index contributed by atoms with van der Waals surface area (Å²) in [5.41, 5.74) is 3.78. The van der Waals surface area contributed by atoms with Crippen molar-refractivity contribution in [1.82, 2.24) is 19.7 Å². The van der Waals surface area contributed by atoms with E-state index in [1.807, 2.05) is 6.07 Å². The molecule has 198 valence electrons. The summed E-state index contributed by atoms with van der Waals surface area (Å²) in [7, 11) is 0.126. The van der Waals surface area contributed by atoms with Crippen LogP contribution in [0.2, 0.25) is 25.7 Å². The van der Waals surface area contributed by atoms with E-state index in [2.05, 4.69) is 40.8 Å². The normalized spacial score (nSPS) is 13.0. The highest BCUT2D eigenvalue weighted by Gasteiger charge is 2.24. The molecule has 2 aromatic heterocycles. The number of halogens is 1. The molecular weight excluding hydrogens is 511 g/mol. The van der Waals surface area contributed by atoms with E-state index in [0.29, 0.717) is 34.8 Å². The molecule has 0 saturated heterocycles. The van der Waals surface area contributed by atoms with Crippen molar-refractivity contribution < 1.29 is 23.4 Å². The maximum Gasteiger partial charge on any atom is 0.323 e. The van der Waals surface area contributed by atoms with Crippen LogP contribution in [-0.4, -0.2) is 53.3 Å². The molecule has 4 rings (SSSR count). The average Bonchev–Trinajstić information content (AvgIpc) is 3.48. The fourth-order valence-corrected chi connectivity index (χ4v) is 5.53. The minimum Gasteiger partial charge on any atom is -0.469 e. The molecule has 0 aliphatic heterocycles. The van der Waals surface area contributed by atoms with Crippen LogP contribution in [0.5, 0.6) is 11.8 Å². The van der Waals surface area contributed by atoms with Crippen LogP contribution in [0.15, 0.2) is 35.6 Å². The zero-order valence-electron chi connectivity index (χ0n) is 21.8. The topological polar surface area (TPSA) is 88.4 Å². The number of carbonyl (C=O) groups is 1. The van der Waals surface area contributed by atoms with Gasteiger partial charge in [0.1, 0.15) is 12.5 Å². The third kappa shape index (κ3) is 7.39. The number of methoxy groups -OCH3 is 1. The van der Waals surface area contributed by atoms with Gasteiger partial charge in [0.2, 0.25) is 11.1 Å². The van der Waals surface area contributed by atoms with Crippen LogP contribution >= 0.6 is 11.8 Å². The Balaban J connectivity index is 1.63. The van der Waals surface area contributed by atoms with Gasteiger partial charge in [-0.05, 0) is 48.1 Å². The quantitative estimate of drug-likeness (QED) is 0.0939. The number of ether oxygens (including phenoxy) is 3. The van der Waals surface area contributed by atoms with Crippen LogP contribution in [0.25, 0.3) is 11.1 Å². The van der Waals surface area contributed by atoms with Gasteiger partial charge < -0.3 is 14.2 Å². The fraction of sp³-hybridized carbons (Fsp3) is 0.462. The van der Waals surface area contributed by atoms with Crippen molar-refractivity contribution in [2.45, 2.75) is 63.3 Å². The molecule has 3 aromatic rings. The SMILES string of the molecule is COC(=O)CCSc1nc(Oc2c(-c3ccnc(F)c3)ccc3c2CCC3)n(COCC[Si](C)(C)C)n1. The molecule has 0 radical (unpaired) electrons. The predicted molar refractivity (Wildman–Crippen MR) is 143 cm³/mol. The summed E-state index contributed by atoms with van der Waals surface area (Å²) in [5.74, 6) is 0.302. The molecule has 11 heteroatoms. The number of aryl methyl sites for hydroxylation is 1. The second-order valence-corrected chi connectivity index (χ2v) is 16.8. The van der Waals surface area contributed by atoms with Gasteiger partial charge in [0, 0.05) is 38.3 Å². The summed E-state index contributed by atoms with van der Waals surface area (Å²) in [4.78, 5) is 19.8. The first kappa shape index (κ1) is 27.3. The van der Waals surface area contributed by atoms with Gasteiger partial charge in [-0.2, -0.15) is 14.1 Å². The summed E-state index contributed by atoms with van der Waals surface area (Å²) >= 11 is 1.35. The molecule has 1 aromatic carbocycles. The summed E-state index contributed by atoms with van der Waals surface area (Å²) in [6.07, 6.45) is 4.57. The zero-order valence-corrected chi connectivity index (χ0v) is 23.6. The van der Waals surface area contributed by atoms with Crippen LogP contribution in [0, 0.1) is 5.95 Å². The lowest BCUT2D eigenvalue weighted by Crippen LogP contribution is -2.22.